The fourth-order valence-electron chi connectivity index (χ4n) is 2.27. The Hall–Kier alpha value is -1.20. The lowest BCUT2D eigenvalue weighted by Gasteiger charge is -2.33. The van der Waals surface area contributed by atoms with E-state index in [4.69, 9.17) is 10.5 Å². The SMILES string of the molecule is CCOC1CCCN(c2nccnc2CN)C1. The summed E-state index contributed by atoms with van der Waals surface area (Å²) in [4.78, 5) is 10.9. The predicted octanol–water partition coefficient (Wildman–Crippen LogP) is 0.941. The molecule has 2 heterocycles. The van der Waals surface area contributed by atoms with Crippen LogP contribution in [-0.2, 0) is 11.3 Å². The zero-order valence-electron chi connectivity index (χ0n) is 10.3. The van der Waals surface area contributed by atoms with Crippen molar-refractivity contribution in [3.05, 3.63) is 18.1 Å². The summed E-state index contributed by atoms with van der Waals surface area (Å²) in [5.41, 5.74) is 6.56. The molecule has 2 N–H and O–H groups in total. The molecule has 0 saturated carbocycles. The van der Waals surface area contributed by atoms with Crippen LogP contribution in [0.2, 0.25) is 0 Å². The predicted molar refractivity (Wildman–Crippen MR) is 66.8 cm³/mol. The molecule has 0 amide bonds. The molecule has 1 aliphatic rings. The van der Waals surface area contributed by atoms with E-state index in [-0.39, 0.29) is 0 Å². The van der Waals surface area contributed by atoms with E-state index < -0.39 is 0 Å². The van der Waals surface area contributed by atoms with E-state index in [0.29, 0.717) is 12.6 Å². The minimum Gasteiger partial charge on any atom is -0.377 e. The van der Waals surface area contributed by atoms with Crippen molar-refractivity contribution in [1.82, 2.24) is 9.97 Å². The fraction of sp³-hybridized carbons (Fsp3) is 0.667. The van der Waals surface area contributed by atoms with Crippen LogP contribution in [0.3, 0.4) is 0 Å². The average Bonchev–Trinajstić information content (AvgIpc) is 2.39. The van der Waals surface area contributed by atoms with E-state index in [1.807, 2.05) is 6.92 Å². The quantitative estimate of drug-likeness (QED) is 0.843. The highest BCUT2D eigenvalue weighted by Gasteiger charge is 2.22. The van der Waals surface area contributed by atoms with Crippen molar-refractivity contribution >= 4 is 5.82 Å². The molecule has 0 spiro atoms. The van der Waals surface area contributed by atoms with Gasteiger partial charge in [-0.1, -0.05) is 0 Å². The van der Waals surface area contributed by atoms with Crippen molar-refractivity contribution in [2.24, 2.45) is 5.73 Å². The van der Waals surface area contributed by atoms with Gasteiger partial charge in [-0.15, -0.1) is 0 Å². The smallest absolute Gasteiger partial charge is 0.151 e. The lowest BCUT2D eigenvalue weighted by atomic mass is 10.1. The van der Waals surface area contributed by atoms with E-state index >= 15 is 0 Å². The van der Waals surface area contributed by atoms with Gasteiger partial charge in [0.25, 0.3) is 0 Å². The summed E-state index contributed by atoms with van der Waals surface area (Å²) in [5, 5.41) is 0. The maximum atomic E-state index is 5.69. The molecule has 1 atom stereocenters. The first kappa shape index (κ1) is 12.3. The highest BCUT2D eigenvalue weighted by Crippen LogP contribution is 2.21. The highest BCUT2D eigenvalue weighted by atomic mass is 16.5. The normalized spacial score (nSPS) is 20.6. The van der Waals surface area contributed by atoms with E-state index in [1.165, 1.54) is 0 Å². The molecule has 94 valence electrons. The number of nitrogens with zero attached hydrogens (tertiary/aromatic N) is 3. The van der Waals surface area contributed by atoms with Gasteiger partial charge in [-0.2, -0.15) is 0 Å². The largest absolute Gasteiger partial charge is 0.377 e. The summed E-state index contributed by atoms with van der Waals surface area (Å²) in [6.07, 6.45) is 5.98. The Morgan fingerprint density at radius 3 is 3.06 bits per heavy atom. The number of hydrogen-bond acceptors (Lipinski definition) is 5. The van der Waals surface area contributed by atoms with Gasteiger partial charge in [0, 0.05) is 38.6 Å². The minimum absolute atomic E-state index is 0.307. The van der Waals surface area contributed by atoms with E-state index in [1.54, 1.807) is 12.4 Å². The Morgan fingerprint density at radius 2 is 2.29 bits per heavy atom. The molecule has 1 unspecified atom stereocenters. The average molecular weight is 236 g/mol. The van der Waals surface area contributed by atoms with Crippen molar-refractivity contribution in [3.8, 4) is 0 Å². The van der Waals surface area contributed by atoms with Gasteiger partial charge in [0.05, 0.1) is 11.8 Å². The molecule has 1 aliphatic heterocycles. The number of piperidine rings is 1. The monoisotopic (exact) mass is 236 g/mol. The fourth-order valence-corrected chi connectivity index (χ4v) is 2.27. The minimum atomic E-state index is 0.307. The maximum absolute atomic E-state index is 5.69. The first-order valence-electron chi connectivity index (χ1n) is 6.21. The van der Waals surface area contributed by atoms with Gasteiger partial charge < -0.3 is 15.4 Å². The Kier molecular flexibility index (Phi) is 4.28. The van der Waals surface area contributed by atoms with Crippen LogP contribution in [0.15, 0.2) is 12.4 Å². The molecule has 2 rings (SSSR count). The maximum Gasteiger partial charge on any atom is 0.151 e. The molecule has 17 heavy (non-hydrogen) atoms. The molecular formula is C12H20N4O. The number of nitrogens with two attached hydrogens (primary N) is 1. The summed E-state index contributed by atoms with van der Waals surface area (Å²) < 4.78 is 5.69. The van der Waals surface area contributed by atoms with Crippen molar-refractivity contribution < 1.29 is 4.74 Å². The second-order valence-electron chi connectivity index (χ2n) is 4.20. The van der Waals surface area contributed by atoms with Crippen LogP contribution in [0, 0.1) is 0 Å². The van der Waals surface area contributed by atoms with E-state index in [2.05, 4.69) is 14.9 Å². The molecule has 1 saturated heterocycles. The Bertz CT molecular complexity index is 356. The van der Waals surface area contributed by atoms with Crippen LogP contribution in [0.25, 0.3) is 0 Å². The molecular weight excluding hydrogens is 216 g/mol. The molecule has 5 heteroatoms. The first-order chi connectivity index (χ1) is 8.35. The van der Waals surface area contributed by atoms with Crippen molar-refractivity contribution in [2.75, 3.05) is 24.6 Å². The van der Waals surface area contributed by atoms with Gasteiger partial charge in [-0.05, 0) is 19.8 Å². The zero-order chi connectivity index (χ0) is 12.1. The van der Waals surface area contributed by atoms with Crippen LogP contribution in [0.1, 0.15) is 25.5 Å². The van der Waals surface area contributed by atoms with Crippen molar-refractivity contribution in [2.45, 2.75) is 32.4 Å². The third kappa shape index (κ3) is 2.92. The summed E-state index contributed by atoms with van der Waals surface area (Å²) in [5.74, 6) is 0.916. The number of hydrogen-bond donors (Lipinski definition) is 1. The molecule has 1 fully saturated rings. The topological polar surface area (TPSA) is 64.3 Å². The lowest BCUT2D eigenvalue weighted by molar-refractivity contribution is 0.0524. The third-order valence-corrected chi connectivity index (χ3v) is 3.03. The molecule has 1 aromatic heterocycles. The number of aromatic nitrogens is 2. The van der Waals surface area contributed by atoms with Crippen LogP contribution in [0.5, 0.6) is 0 Å². The Morgan fingerprint density at radius 1 is 1.47 bits per heavy atom. The van der Waals surface area contributed by atoms with Crippen LogP contribution >= 0.6 is 0 Å². The van der Waals surface area contributed by atoms with Gasteiger partial charge in [0.15, 0.2) is 5.82 Å². The number of ether oxygens (including phenoxy) is 1. The summed E-state index contributed by atoms with van der Waals surface area (Å²) in [6.45, 7) is 5.13. The van der Waals surface area contributed by atoms with Gasteiger partial charge in [0.2, 0.25) is 0 Å². The van der Waals surface area contributed by atoms with Crippen LogP contribution in [-0.4, -0.2) is 35.8 Å². The summed E-state index contributed by atoms with van der Waals surface area (Å²) in [7, 11) is 0. The third-order valence-electron chi connectivity index (χ3n) is 3.03. The second kappa shape index (κ2) is 5.93. The molecule has 0 aromatic carbocycles. The van der Waals surface area contributed by atoms with Gasteiger partial charge in [0.1, 0.15) is 0 Å². The van der Waals surface area contributed by atoms with E-state index in [9.17, 15) is 0 Å². The van der Waals surface area contributed by atoms with Crippen molar-refractivity contribution in [1.29, 1.82) is 0 Å². The lowest BCUT2D eigenvalue weighted by Crippen LogP contribution is -2.40. The Labute approximate surface area is 102 Å². The molecule has 0 aliphatic carbocycles. The standard InChI is InChI=1S/C12H20N4O/c1-2-17-10-4-3-7-16(9-10)12-11(8-13)14-5-6-15-12/h5-6,10H,2-4,7-9,13H2,1H3. The molecule has 5 nitrogen and oxygen atoms in total. The molecule has 0 radical (unpaired) electrons. The molecule has 0 bridgehead atoms. The van der Waals surface area contributed by atoms with Gasteiger partial charge in [-0.25, -0.2) is 4.98 Å². The Balaban J connectivity index is 2.10. The van der Waals surface area contributed by atoms with Gasteiger partial charge >= 0.3 is 0 Å². The zero-order valence-corrected chi connectivity index (χ0v) is 10.3. The second-order valence-corrected chi connectivity index (χ2v) is 4.20. The summed E-state index contributed by atoms with van der Waals surface area (Å²) >= 11 is 0. The van der Waals surface area contributed by atoms with Crippen molar-refractivity contribution in [3.63, 3.8) is 0 Å². The van der Waals surface area contributed by atoms with Crippen LogP contribution in [0.4, 0.5) is 5.82 Å². The van der Waals surface area contributed by atoms with Crippen LogP contribution < -0.4 is 10.6 Å². The van der Waals surface area contributed by atoms with Gasteiger partial charge in [-0.3, -0.25) is 4.98 Å². The van der Waals surface area contributed by atoms with E-state index in [0.717, 1.165) is 44.0 Å². The number of anilines is 1. The summed E-state index contributed by atoms with van der Waals surface area (Å²) in [6, 6.07) is 0. The highest BCUT2D eigenvalue weighted by molar-refractivity contribution is 5.43. The first-order valence-corrected chi connectivity index (χ1v) is 6.21. The number of rotatable bonds is 4. The molecule has 1 aromatic rings.